The van der Waals surface area contributed by atoms with Gasteiger partial charge in [-0.25, -0.2) is 9.79 Å². The number of nitriles is 1. The summed E-state index contributed by atoms with van der Waals surface area (Å²) in [6, 6.07) is 15.4. The van der Waals surface area contributed by atoms with Crippen molar-refractivity contribution in [3.8, 4) is 28.9 Å². The standard InChI is InChI=1S/C30H24BrN3O6S/c1-5-39-29(36)26-16(2)33-30-34(27(26)20-13-23(37-3)24(38-4)14-21(20)31)28(35)25(41-30)12-18-10-11-22(40-18)19-9-7-6-8-17(19)15-32/h6-14,27H,5H2,1-4H3/b25-12+/t27-/m0/s1. The number of methoxy groups -OCH3 is 2. The van der Waals surface area contributed by atoms with Crippen molar-refractivity contribution in [2.75, 3.05) is 20.8 Å². The number of rotatable bonds is 7. The van der Waals surface area contributed by atoms with E-state index in [4.69, 9.17) is 18.6 Å². The molecule has 0 amide bonds. The van der Waals surface area contributed by atoms with E-state index in [0.717, 1.165) is 0 Å². The molecule has 0 saturated heterocycles. The van der Waals surface area contributed by atoms with Crippen molar-refractivity contribution < 1.29 is 23.4 Å². The van der Waals surface area contributed by atoms with Crippen LogP contribution in [0.3, 0.4) is 0 Å². The van der Waals surface area contributed by atoms with E-state index in [1.54, 1.807) is 62.4 Å². The number of aromatic nitrogens is 1. The summed E-state index contributed by atoms with van der Waals surface area (Å²) >= 11 is 4.78. The normalized spacial score (nSPS) is 14.7. The minimum atomic E-state index is -0.851. The monoisotopic (exact) mass is 633 g/mol. The number of nitrogens with zero attached hydrogens (tertiary/aromatic N) is 3. The number of allylic oxidation sites excluding steroid dienone is 1. The zero-order valence-corrected chi connectivity index (χ0v) is 25.0. The van der Waals surface area contributed by atoms with E-state index in [9.17, 15) is 14.9 Å². The molecule has 2 aromatic heterocycles. The van der Waals surface area contributed by atoms with Crippen molar-refractivity contribution in [3.05, 3.63) is 101 Å². The number of halogens is 1. The van der Waals surface area contributed by atoms with E-state index in [2.05, 4.69) is 27.0 Å². The van der Waals surface area contributed by atoms with E-state index < -0.39 is 12.0 Å². The molecule has 208 valence electrons. The maximum absolute atomic E-state index is 14.0. The Bertz CT molecular complexity index is 1930. The average molecular weight is 635 g/mol. The van der Waals surface area contributed by atoms with Crippen LogP contribution in [0.2, 0.25) is 0 Å². The minimum absolute atomic E-state index is 0.162. The Balaban J connectivity index is 1.69. The van der Waals surface area contributed by atoms with Crippen LogP contribution in [0.1, 0.15) is 36.8 Å². The molecule has 9 nitrogen and oxygen atoms in total. The number of hydrogen-bond acceptors (Lipinski definition) is 9. The Kier molecular flexibility index (Phi) is 7.97. The number of esters is 1. The van der Waals surface area contributed by atoms with Crippen molar-refractivity contribution in [2.24, 2.45) is 4.99 Å². The third kappa shape index (κ3) is 5.12. The number of thiazole rings is 1. The summed E-state index contributed by atoms with van der Waals surface area (Å²) in [6.45, 7) is 3.60. The van der Waals surface area contributed by atoms with Crippen molar-refractivity contribution in [3.63, 3.8) is 0 Å². The van der Waals surface area contributed by atoms with Gasteiger partial charge in [0.1, 0.15) is 11.5 Å². The third-order valence-electron chi connectivity index (χ3n) is 6.53. The summed E-state index contributed by atoms with van der Waals surface area (Å²) in [6.07, 6.45) is 1.63. The van der Waals surface area contributed by atoms with E-state index >= 15 is 0 Å². The fourth-order valence-corrected chi connectivity index (χ4v) is 6.23. The molecule has 0 unspecified atom stereocenters. The molecule has 0 bridgehead atoms. The largest absolute Gasteiger partial charge is 0.493 e. The highest BCUT2D eigenvalue weighted by Gasteiger charge is 2.35. The van der Waals surface area contributed by atoms with Gasteiger partial charge in [-0.2, -0.15) is 5.26 Å². The first kappa shape index (κ1) is 28.1. The molecule has 5 rings (SSSR count). The highest BCUT2D eigenvalue weighted by atomic mass is 79.9. The zero-order valence-electron chi connectivity index (χ0n) is 22.6. The Morgan fingerprint density at radius 3 is 2.63 bits per heavy atom. The lowest BCUT2D eigenvalue weighted by Gasteiger charge is -2.26. The molecule has 0 N–H and O–H groups in total. The van der Waals surface area contributed by atoms with Gasteiger partial charge in [-0.15, -0.1) is 0 Å². The molecule has 1 atom stereocenters. The topological polar surface area (TPSA) is 116 Å². The molecular formula is C30H24BrN3O6S. The fourth-order valence-electron chi connectivity index (χ4n) is 4.67. The molecule has 1 aliphatic heterocycles. The Morgan fingerprint density at radius 1 is 1.20 bits per heavy atom. The number of carbonyl (C=O) groups is 1. The molecule has 2 aromatic carbocycles. The van der Waals surface area contributed by atoms with Crippen LogP contribution < -0.4 is 24.4 Å². The molecule has 0 fully saturated rings. The summed E-state index contributed by atoms with van der Waals surface area (Å²) in [5.74, 6) is 1.30. The third-order valence-corrected chi connectivity index (χ3v) is 8.20. The quantitative estimate of drug-likeness (QED) is 0.271. The predicted octanol–water partition coefficient (Wildman–Crippen LogP) is 4.71. The van der Waals surface area contributed by atoms with Gasteiger partial charge in [-0.3, -0.25) is 9.36 Å². The summed E-state index contributed by atoms with van der Waals surface area (Å²) in [7, 11) is 3.04. The Labute approximate surface area is 247 Å². The van der Waals surface area contributed by atoms with Crippen molar-refractivity contribution >= 4 is 39.3 Å². The highest BCUT2D eigenvalue weighted by molar-refractivity contribution is 9.10. The first-order valence-corrected chi connectivity index (χ1v) is 14.1. The van der Waals surface area contributed by atoms with E-state index in [0.29, 0.717) is 59.2 Å². The highest BCUT2D eigenvalue weighted by Crippen LogP contribution is 2.40. The summed E-state index contributed by atoms with van der Waals surface area (Å²) in [4.78, 5) is 32.2. The van der Waals surface area contributed by atoms with E-state index in [1.165, 1.54) is 30.1 Å². The number of carbonyl (C=O) groups excluding carboxylic acids is 1. The van der Waals surface area contributed by atoms with Crippen LogP contribution in [0.4, 0.5) is 0 Å². The first-order chi connectivity index (χ1) is 19.8. The number of hydrogen-bond donors (Lipinski definition) is 0. The van der Waals surface area contributed by atoms with Gasteiger partial charge in [0.2, 0.25) is 0 Å². The molecule has 4 aromatic rings. The van der Waals surface area contributed by atoms with Gasteiger partial charge in [-0.05, 0) is 55.8 Å². The van der Waals surface area contributed by atoms with Crippen LogP contribution in [-0.4, -0.2) is 31.4 Å². The smallest absolute Gasteiger partial charge is 0.338 e. The van der Waals surface area contributed by atoms with Crippen LogP contribution in [0.15, 0.2) is 78.5 Å². The summed E-state index contributed by atoms with van der Waals surface area (Å²) in [5, 5.41) is 9.46. The van der Waals surface area contributed by atoms with Crippen molar-refractivity contribution in [1.29, 1.82) is 5.26 Å². The van der Waals surface area contributed by atoms with Crippen molar-refractivity contribution in [2.45, 2.75) is 19.9 Å². The molecule has 0 aliphatic carbocycles. The van der Waals surface area contributed by atoms with Crippen LogP contribution >= 0.6 is 27.3 Å². The zero-order chi connectivity index (χ0) is 29.3. The molecular weight excluding hydrogens is 610 g/mol. The van der Waals surface area contributed by atoms with Crippen molar-refractivity contribution in [1.82, 2.24) is 4.57 Å². The van der Waals surface area contributed by atoms with Gasteiger partial charge in [0.15, 0.2) is 16.3 Å². The van der Waals surface area contributed by atoms with Gasteiger partial charge in [-0.1, -0.05) is 39.4 Å². The van der Waals surface area contributed by atoms with Gasteiger partial charge < -0.3 is 18.6 Å². The maximum atomic E-state index is 14.0. The lowest BCUT2D eigenvalue weighted by atomic mass is 9.95. The second kappa shape index (κ2) is 11.6. The lowest BCUT2D eigenvalue weighted by Crippen LogP contribution is -2.40. The van der Waals surface area contributed by atoms with Gasteiger partial charge in [0, 0.05) is 16.1 Å². The SMILES string of the molecule is CCOC(=O)C1=C(C)N=c2s/c(=C/c3ccc(-c4ccccc4C#N)o3)c(=O)n2[C@H]1c1cc(OC)c(OC)cc1Br. The van der Waals surface area contributed by atoms with Crippen LogP contribution in [-0.2, 0) is 9.53 Å². The van der Waals surface area contributed by atoms with Crippen LogP contribution in [0.25, 0.3) is 17.4 Å². The summed E-state index contributed by atoms with van der Waals surface area (Å²) in [5.41, 5.74) is 2.06. The first-order valence-electron chi connectivity index (χ1n) is 12.5. The minimum Gasteiger partial charge on any atom is -0.493 e. The molecule has 11 heteroatoms. The number of benzene rings is 2. The second-order valence-electron chi connectivity index (χ2n) is 8.89. The van der Waals surface area contributed by atoms with Gasteiger partial charge in [0.05, 0.1) is 54.3 Å². The van der Waals surface area contributed by atoms with Crippen LogP contribution in [0.5, 0.6) is 11.5 Å². The van der Waals surface area contributed by atoms with E-state index in [-0.39, 0.29) is 17.7 Å². The molecule has 0 saturated carbocycles. The molecule has 1 aliphatic rings. The number of fused-ring (bicyclic) bond motifs is 1. The Hall–Kier alpha value is -4.40. The molecule has 3 heterocycles. The van der Waals surface area contributed by atoms with Gasteiger partial charge in [0.25, 0.3) is 5.56 Å². The lowest BCUT2D eigenvalue weighted by molar-refractivity contribution is -0.139. The molecule has 0 spiro atoms. The Morgan fingerprint density at radius 2 is 1.93 bits per heavy atom. The average Bonchev–Trinajstić information content (AvgIpc) is 3.56. The second-order valence-corrected chi connectivity index (χ2v) is 10.8. The predicted molar refractivity (Wildman–Crippen MR) is 157 cm³/mol. The molecule has 0 radical (unpaired) electrons. The number of ether oxygens (including phenoxy) is 3. The fraction of sp³-hybridized carbons (Fsp3) is 0.200. The van der Waals surface area contributed by atoms with Crippen LogP contribution in [0, 0.1) is 11.3 Å². The maximum Gasteiger partial charge on any atom is 0.338 e. The van der Waals surface area contributed by atoms with Gasteiger partial charge >= 0.3 is 5.97 Å². The number of furan rings is 1. The van der Waals surface area contributed by atoms with E-state index in [1.807, 2.05) is 6.07 Å². The summed E-state index contributed by atoms with van der Waals surface area (Å²) < 4.78 is 24.8. The molecule has 41 heavy (non-hydrogen) atoms.